The largest absolute Gasteiger partial charge is 0.369 e. The van der Waals surface area contributed by atoms with Crippen LogP contribution in [0.25, 0.3) is 6.08 Å². The van der Waals surface area contributed by atoms with E-state index in [0.717, 1.165) is 44.1 Å². The SMILES string of the molecule is O=C(C=Cc1ccccn1)NCCN1CCN(c2ccc(F)cc2)CC1. The zero-order chi connectivity index (χ0) is 18.2. The van der Waals surface area contributed by atoms with Crippen LogP contribution in [-0.4, -0.2) is 55.1 Å². The molecule has 1 aromatic carbocycles. The van der Waals surface area contributed by atoms with E-state index in [4.69, 9.17) is 0 Å². The molecule has 1 aromatic heterocycles. The van der Waals surface area contributed by atoms with Crippen LogP contribution in [0.4, 0.5) is 10.1 Å². The van der Waals surface area contributed by atoms with Crippen LogP contribution in [0.3, 0.4) is 0 Å². The van der Waals surface area contributed by atoms with Gasteiger partial charge in [0.05, 0.1) is 5.69 Å². The summed E-state index contributed by atoms with van der Waals surface area (Å²) in [5.41, 5.74) is 1.82. The fraction of sp³-hybridized carbons (Fsp3) is 0.300. The summed E-state index contributed by atoms with van der Waals surface area (Å²) in [6.45, 7) is 5.09. The van der Waals surface area contributed by atoms with E-state index in [0.29, 0.717) is 6.54 Å². The molecule has 1 amide bonds. The molecule has 0 unspecified atom stereocenters. The Kier molecular flexibility index (Phi) is 6.33. The highest BCUT2D eigenvalue weighted by molar-refractivity contribution is 5.91. The Hall–Kier alpha value is -2.73. The number of carbonyl (C=O) groups excluding carboxylic acids is 1. The highest BCUT2D eigenvalue weighted by Crippen LogP contribution is 2.16. The highest BCUT2D eigenvalue weighted by atomic mass is 19.1. The van der Waals surface area contributed by atoms with Gasteiger partial charge in [0, 0.05) is 57.2 Å². The normalized spacial score (nSPS) is 15.3. The van der Waals surface area contributed by atoms with Gasteiger partial charge < -0.3 is 10.2 Å². The zero-order valence-corrected chi connectivity index (χ0v) is 14.6. The quantitative estimate of drug-likeness (QED) is 0.808. The van der Waals surface area contributed by atoms with Crippen molar-refractivity contribution < 1.29 is 9.18 Å². The fourth-order valence-electron chi connectivity index (χ4n) is 2.91. The van der Waals surface area contributed by atoms with Crippen LogP contribution in [0.5, 0.6) is 0 Å². The van der Waals surface area contributed by atoms with Gasteiger partial charge in [-0.3, -0.25) is 14.7 Å². The Bertz CT molecular complexity index is 725. The van der Waals surface area contributed by atoms with Gasteiger partial charge in [-0.05, 0) is 42.5 Å². The van der Waals surface area contributed by atoms with E-state index >= 15 is 0 Å². The summed E-state index contributed by atoms with van der Waals surface area (Å²) in [6, 6.07) is 12.2. The summed E-state index contributed by atoms with van der Waals surface area (Å²) in [6.07, 6.45) is 4.91. The number of benzene rings is 1. The Labute approximate surface area is 153 Å². The van der Waals surface area contributed by atoms with E-state index < -0.39 is 0 Å². The third-order valence-corrected chi connectivity index (χ3v) is 4.38. The first-order valence-electron chi connectivity index (χ1n) is 8.80. The molecule has 0 atom stereocenters. The van der Waals surface area contributed by atoms with Crippen molar-refractivity contribution in [3.63, 3.8) is 0 Å². The Morgan fingerprint density at radius 1 is 1.12 bits per heavy atom. The van der Waals surface area contributed by atoms with Crippen molar-refractivity contribution in [3.05, 3.63) is 66.2 Å². The number of piperazine rings is 1. The predicted molar refractivity (Wildman–Crippen MR) is 101 cm³/mol. The molecule has 1 aliphatic heterocycles. The maximum Gasteiger partial charge on any atom is 0.244 e. The molecule has 0 saturated carbocycles. The maximum absolute atomic E-state index is 13.0. The molecule has 0 spiro atoms. The second-order valence-corrected chi connectivity index (χ2v) is 6.18. The molecule has 0 bridgehead atoms. The molecule has 5 nitrogen and oxygen atoms in total. The minimum Gasteiger partial charge on any atom is -0.369 e. The van der Waals surface area contributed by atoms with Gasteiger partial charge in [0.1, 0.15) is 5.82 Å². The van der Waals surface area contributed by atoms with Crippen LogP contribution < -0.4 is 10.2 Å². The molecule has 136 valence electrons. The van der Waals surface area contributed by atoms with E-state index in [9.17, 15) is 9.18 Å². The molecule has 3 rings (SSSR count). The minimum atomic E-state index is -0.208. The van der Waals surface area contributed by atoms with Gasteiger partial charge in [-0.25, -0.2) is 4.39 Å². The number of rotatable bonds is 6. The van der Waals surface area contributed by atoms with E-state index in [1.807, 2.05) is 30.3 Å². The average Bonchev–Trinajstić information content (AvgIpc) is 2.68. The summed E-state index contributed by atoms with van der Waals surface area (Å²) in [7, 11) is 0. The highest BCUT2D eigenvalue weighted by Gasteiger charge is 2.16. The van der Waals surface area contributed by atoms with Crippen molar-refractivity contribution in [2.45, 2.75) is 0 Å². The lowest BCUT2D eigenvalue weighted by Crippen LogP contribution is -2.48. The molecule has 2 aromatic rings. The summed E-state index contributed by atoms with van der Waals surface area (Å²) < 4.78 is 13.0. The van der Waals surface area contributed by atoms with Gasteiger partial charge in [-0.2, -0.15) is 0 Å². The van der Waals surface area contributed by atoms with Gasteiger partial charge in [-0.1, -0.05) is 6.07 Å². The monoisotopic (exact) mass is 354 g/mol. The second kappa shape index (κ2) is 9.10. The summed E-state index contributed by atoms with van der Waals surface area (Å²) in [4.78, 5) is 20.6. The third-order valence-electron chi connectivity index (χ3n) is 4.38. The maximum atomic E-state index is 13.0. The van der Waals surface area contributed by atoms with Crippen LogP contribution in [0.1, 0.15) is 5.69 Å². The Morgan fingerprint density at radius 2 is 1.88 bits per heavy atom. The fourth-order valence-corrected chi connectivity index (χ4v) is 2.91. The molecule has 1 fully saturated rings. The third kappa shape index (κ3) is 5.39. The predicted octanol–water partition coefficient (Wildman–Crippen LogP) is 2.17. The van der Waals surface area contributed by atoms with Gasteiger partial charge in [-0.15, -0.1) is 0 Å². The Balaban J connectivity index is 1.35. The molecule has 2 heterocycles. The lowest BCUT2D eigenvalue weighted by molar-refractivity contribution is -0.116. The van der Waals surface area contributed by atoms with Gasteiger partial charge in [0.2, 0.25) is 5.91 Å². The standard InChI is InChI=1S/C20H23FN4O/c21-17-4-7-19(8-5-17)25-15-13-24(14-16-25)12-11-23-20(26)9-6-18-3-1-2-10-22-18/h1-10H,11-16H2,(H,23,26). The first-order valence-corrected chi connectivity index (χ1v) is 8.80. The molecule has 26 heavy (non-hydrogen) atoms. The lowest BCUT2D eigenvalue weighted by atomic mass is 10.2. The second-order valence-electron chi connectivity index (χ2n) is 6.18. The number of pyridine rings is 1. The van der Waals surface area contributed by atoms with Crippen molar-refractivity contribution in [2.75, 3.05) is 44.2 Å². The number of anilines is 1. The lowest BCUT2D eigenvalue weighted by Gasteiger charge is -2.36. The van der Waals surface area contributed by atoms with E-state index in [2.05, 4.69) is 20.1 Å². The van der Waals surface area contributed by atoms with Crippen molar-refractivity contribution in [1.82, 2.24) is 15.2 Å². The minimum absolute atomic E-state index is 0.111. The number of aromatic nitrogens is 1. The van der Waals surface area contributed by atoms with Crippen LogP contribution in [-0.2, 0) is 4.79 Å². The average molecular weight is 354 g/mol. The smallest absolute Gasteiger partial charge is 0.244 e. The summed E-state index contributed by atoms with van der Waals surface area (Å²) in [5.74, 6) is -0.319. The molecular weight excluding hydrogens is 331 g/mol. The summed E-state index contributed by atoms with van der Waals surface area (Å²) in [5, 5.41) is 2.90. The Morgan fingerprint density at radius 3 is 2.58 bits per heavy atom. The molecular formula is C20H23FN4O. The first-order chi connectivity index (χ1) is 12.7. The van der Waals surface area contributed by atoms with E-state index in [-0.39, 0.29) is 11.7 Å². The van der Waals surface area contributed by atoms with Crippen molar-refractivity contribution >= 4 is 17.7 Å². The van der Waals surface area contributed by atoms with Crippen molar-refractivity contribution in [3.8, 4) is 0 Å². The molecule has 1 aliphatic rings. The molecule has 6 heteroatoms. The van der Waals surface area contributed by atoms with Crippen molar-refractivity contribution in [1.29, 1.82) is 0 Å². The number of nitrogens with one attached hydrogen (secondary N) is 1. The number of amides is 1. The number of nitrogens with zero attached hydrogens (tertiary/aromatic N) is 3. The van der Waals surface area contributed by atoms with Crippen LogP contribution in [0, 0.1) is 5.82 Å². The molecule has 0 radical (unpaired) electrons. The van der Waals surface area contributed by atoms with Crippen LogP contribution in [0.15, 0.2) is 54.7 Å². The summed E-state index contributed by atoms with van der Waals surface area (Å²) >= 11 is 0. The number of halogens is 1. The van der Waals surface area contributed by atoms with Gasteiger partial charge >= 0.3 is 0 Å². The first kappa shape index (κ1) is 18.1. The van der Waals surface area contributed by atoms with Crippen LogP contribution in [0.2, 0.25) is 0 Å². The number of hydrogen-bond donors (Lipinski definition) is 1. The van der Waals surface area contributed by atoms with E-state index in [1.54, 1.807) is 12.3 Å². The van der Waals surface area contributed by atoms with Crippen molar-refractivity contribution in [2.24, 2.45) is 0 Å². The van der Waals surface area contributed by atoms with Crippen LogP contribution >= 0.6 is 0 Å². The topological polar surface area (TPSA) is 48.5 Å². The number of carbonyl (C=O) groups is 1. The van der Waals surface area contributed by atoms with E-state index in [1.165, 1.54) is 18.2 Å². The van der Waals surface area contributed by atoms with Gasteiger partial charge in [0.25, 0.3) is 0 Å². The molecule has 1 saturated heterocycles. The molecule has 1 N–H and O–H groups in total. The number of hydrogen-bond acceptors (Lipinski definition) is 4. The zero-order valence-electron chi connectivity index (χ0n) is 14.6. The molecule has 0 aliphatic carbocycles. The van der Waals surface area contributed by atoms with Gasteiger partial charge in [0.15, 0.2) is 0 Å².